The SMILES string of the molecule is C=C(CC(C)c1ccccc1C(=O)OC)C(=O)OCC. The third kappa shape index (κ3) is 3.95. The molecule has 0 aromatic heterocycles. The summed E-state index contributed by atoms with van der Waals surface area (Å²) >= 11 is 0. The van der Waals surface area contributed by atoms with Gasteiger partial charge >= 0.3 is 11.9 Å². The van der Waals surface area contributed by atoms with Crippen molar-refractivity contribution in [2.75, 3.05) is 13.7 Å². The first kappa shape index (κ1) is 16.0. The first-order chi connectivity index (χ1) is 9.51. The summed E-state index contributed by atoms with van der Waals surface area (Å²) in [6, 6.07) is 7.20. The number of carbonyl (C=O) groups is 2. The fourth-order valence-corrected chi connectivity index (χ4v) is 2.02. The lowest BCUT2D eigenvalue weighted by Crippen LogP contribution is -2.12. The number of carbonyl (C=O) groups excluding carboxylic acids is 2. The van der Waals surface area contributed by atoms with Crippen LogP contribution in [0.5, 0.6) is 0 Å². The van der Waals surface area contributed by atoms with Gasteiger partial charge in [0, 0.05) is 5.57 Å². The zero-order valence-electron chi connectivity index (χ0n) is 12.1. The average Bonchev–Trinajstić information content (AvgIpc) is 2.46. The second-order valence-electron chi connectivity index (χ2n) is 4.51. The van der Waals surface area contributed by atoms with Gasteiger partial charge in [0.2, 0.25) is 0 Å². The molecule has 0 amide bonds. The maximum absolute atomic E-state index is 11.7. The Bertz CT molecular complexity index is 505. The average molecular weight is 276 g/mol. The van der Waals surface area contributed by atoms with Crippen molar-refractivity contribution >= 4 is 11.9 Å². The molecule has 0 N–H and O–H groups in total. The van der Waals surface area contributed by atoms with Gasteiger partial charge in [-0.1, -0.05) is 31.7 Å². The number of ether oxygens (including phenoxy) is 2. The van der Waals surface area contributed by atoms with Crippen LogP contribution >= 0.6 is 0 Å². The highest BCUT2D eigenvalue weighted by Crippen LogP contribution is 2.26. The van der Waals surface area contributed by atoms with Crippen LogP contribution < -0.4 is 0 Å². The molecular weight excluding hydrogens is 256 g/mol. The van der Waals surface area contributed by atoms with Gasteiger partial charge in [0.25, 0.3) is 0 Å². The monoisotopic (exact) mass is 276 g/mol. The van der Waals surface area contributed by atoms with Crippen molar-refractivity contribution in [2.24, 2.45) is 0 Å². The third-order valence-corrected chi connectivity index (χ3v) is 3.01. The highest BCUT2D eigenvalue weighted by molar-refractivity contribution is 5.91. The van der Waals surface area contributed by atoms with E-state index in [1.807, 2.05) is 19.1 Å². The molecule has 1 atom stereocenters. The highest BCUT2D eigenvalue weighted by atomic mass is 16.5. The maximum atomic E-state index is 11.7. The Hall–Kier alpha value is -2.10. The summed E-state index contributed by atoms with van der Waals surface area (Å²) in [4.78, 5) is 23.3. The first-order valence-electron chi connectivity index (χ1n) is 6.53. The Morgan fingerprint density at radius 3 is 2.55 bits per heavy atom. The van der Waals surface area contributed by atoms with Crippen LogP contribution in [0.2, 0.25) is 0 Å². The normalized spacial score (nSPS) is 11.6. The molecule has 0 heterocycles. The summed E-state index contributed by atoms with van der Waals surface area (Å²) in [5.41, 5.74) is 1.75. The molecular formula is C16H20O4. The summed E-state index contributed by atoms with van der Waals surface area (Å²) in [5.74, 6) is -0.800. The zero-order valence-corrected chi connectivity index (χ0v) is 12.1. The first-order valence-corrected chi connectivity index (χ1v) is 6.53. The van der Waals surface area contributed by atoms with Crippen molar-refractivity contribution in [3.05, 3.63) is 47.5 Å². The molecule has 0 bridgehead atoms. The molecule has 4 nitrogen and oxygen atoms in total. The molecule has 1 rings (SSSR count). The van der Waals surface area contributed by atoms with E-state index in [4.69, 9.17) is 9.47 Å². The van der Waals surface area contributed by atoms with Crippen molar-refractivity contribution in [2.45, 2.75) is 26.2 Å². The van der Waals surface area contributed by atoms with Gasteiger partial charge in [-0.2, -0.15) is 0 Å². The molecule has 0 saturated heterocycles. The smallest absolute Gasteiger partial charge is 0.338 e. The van der Waals surface area contributed by atoms with Gasteiger partial charge in [0.15, 0.2) is 0 Å². The number of hydrogen-bond acceptors (Lipinski definition) is 4. The molecule has 0 aliphatic carbocycles. The van der Waals surface area contributed by atoms with E-state index in [1.165, 1.54) is 7.11 Å². The summed E-state index contributed by atoms with van der Waals surface area (Å²) < 4.78 is 9.67. The van der Waals surface area contributed by atoms with Crippen LogP contribution in [-0.2, 0) is 14.3 Å². The van der Waals surface area contributed by atoms with Crippen LogP contribution in [-0.4, -0.2) is 25.7 Å². The number of hydrogen-bond donors (Lipinski definition) is 0. The molecule has 1 unspecified atom stereocenters. The van der Waals surface area contributed by atoms with Crippen molar-refractivity contribution in [3.63, 3.8) is 0 Å². The van der Waals surface area contributed by atoms with Gasteiger partial charge in [0.05, 0.1) is 19.3 Å². The van der Waals surface area contributed by atoms with Crippen molar-refractivity contribution in [3.8, 4) is 0 Å². The molecule has 0 aliphatic rings. The molecule has 1 aromatic rings. The molecule has 108 valence electrons. The summed E-state index contributed by atoms with van der Waals surface area (Å²) in [5, 5.41) is 0. The topological polar surface area (TPSA) is 52.6 Å². The van der Waals surface area contributed by atoms with E-state index in [2.05, 4.69) is 6.58 Å². The number of esters is 2. The van der Waals surface area contributed by atoms with Crippen LogP contribution in [0.15, 0.2) is 36.4 Å². The standard InChI is InChI=1S/C16H20O4/c1-5-20-15(17)12(3)10-11(2)13-8-6-7-9-14(13)16(18)19-4/h6-9,11H,3,5,10H2,1-2,4H3. The van der Waals surface area contributed by atoms with Crippen LogP contribution in [0, 0.1) is 0 Å². The van der Waals surface area contributed by atoms with Crippen LogP contribution in [0.4, 0.5) is 0 Å². The quantitative estimate of drug-likeness (QED) is 0.592. The fourth-order valence-electron chi connectivity index (χ4n) is 2.02. The molecule has 0 fully saturated rings. The van der Waals surface area contributed by atoms with Crippen LogP contribution in [0.3, 0.4) is 0 Å². The minimum atomic E-state index is -0.394. The maximum Gasteiger partial charge on any atom is 0.338 e. The Labute approximate surface area is 119 Å². The summed E-state index contributed by atoms with van der Waals surface area (Å²) in [6.07, 6.45) is 0.437. The van der Waals surface area contributed by atoms with E-state index >= 15 is 0 Å². The Morgan fingerprint density at radius 1 is 1.30 bits per heavy atom. The number of rotatable bonds is 6. The van der Waals surface area contributed by atoms with Gasteiger partial charge in [-0.05, 0) is 30.9 Å². The van der Waals surface area contributed by atoms with E-state index in [1.54, 1.807) is 19.1 Å². The predicted octanol–water partition coefficient (Wildman–Crippen LogP) is 3.09. The second-order valence-corrected chi connectivity index (χ2v) is 4.51. The van der Waals surface area contributed by atoms with Crippen molar-refractivity contribution in [1.82, 2.24) is 0 Å². The largest absolute Gasteiger partial charge is 0.465 e. The summed E-state index contributed by atoms with van der Waals surface area (Å²) in [6.45, 7) is 7.75. The van der Waals surface area contributed by atoms with Gasteiger partial charge in [-0.3, -0.25) is 0 Å². The number of benzene rings is 1. The summed E-state index contributed by atoms with van der Waals surface area (Å²) in [7, 11) is 1.35. The molecule has 1 aromatic carbocycles. The Balaban J connectivity index is 2.87. The molecule has 4 heteroatoms. The van der Waals surface area contributed by atoms with E-state index < -0.39 is 5.97 Å². The molecule has 0 radical (unpaired) electrons. The molecule has 0 saturated carbocycles. The lowest BCUT2D eigenvalue weighted by Gasteiger charge is -2.16. The molecule has 0 spiro atoms. The van der Waals surface area contributed by atoms with Gasteiger partial charge in [-0.15, -0.1) is 0 Å². The lowest BCUT2D eigenvalue weighted by molar-refractivity contribution is -0.138. The van der Waals surface area contributed by atoms with Crippen molar-refractivity contribution in [1.29, 1.82) is 0 Å². The van der Waals surface area contributed by atoms with E-state index in [-0.39, 0.29) is 11.9 Å². The minimum Gasteiger partial charge on any atom is -0.465 e. The van der Waals surface area contributed by atoms with E-state index in [0.29, 0.717) is 24.2 Å². The van der Waals surface area contributed by atoms with Crippen LogP contribution in [0.1, 0.15) is 42.1 Å². The predicted molar refractivity (Wildman–Crippen MR) is 76.6 cm³/mol. The van der Waals surface area contributed by atoms with E-state index in [0.717, 1.165) is 5.56 Å². The van der Waals surface area contributed by atoms with E-state index in [9.17, 15) is 9.59 Å². The van der Waals surface area contributed by atoms with Gasteiger partial charge in [-0.25, -0.2) is 9.59 Å². The molecule has 0 aliphatic heterocycles. The van der Waals surface area contributed by atoms with Crippen LogP contribution in [0.25, 0.3) is 0 Å². The third-order valence-electron chi connectivity index (χ3n) is 3.01. The fraction of sp³-hybridized carbons (Fsp3) is 0.375. The zero-order chi connectivity index (χ0) is 15.1. The van der Waals surface area contributed by atoms with Gasteiger partial charge in [0.1, 0.15) is 0 Å². The lowest BCUT2D eigenvalue weighted by atomic mass is 9.90. The number of methoxy groups -OCH3 is 1. The van der Waals surface area contributed by atoms with Gasteiger partial charge < -0.3 is 9.47 Å². The minimum absolute atomic E-state index is 0.0257. The Kier molecular flexibility index (Phi) is 5.97. The Morgan fingerprint density at radius 2 is 1.95 bits per heavy atom. The second kappa shape index (κ2) is 7.48. The highest BCUT2D eigenvalue weighted by Gasteiger charge is 2.19. The molecule has 20 heavy (non-hydrogen) atoms. The van der Waals surface area contributed by atoms with Crippen molar-refractivity contribution < 1.29 is 19.1 Å².